The second-order valence-corrected chi connectivity index (χ2v) is 3.90. The number of rotatable bonds is 6. The number of hydrogen-bond donors (Lipinski definition) is 1. The second kappa shape index (κ2) is 5.99. The van der Waals surface area contributed by atoms with Crippen LogP contribution in [0.25, 0.3) is 0 Å². The van der Waals surface area contributed by atoms with E-state index in [4.69, 9.17) is 19.9 Å². The fourth-order valence-electron chi connectivity index (χ4n) is 1.62. The third-order valence-electron chi connectivity index (χ3n) is 2.58. The molecule has 0 bridgehead atoms. The monoisotopic (exact) mass is 263 g/mol. The topological polar surface area (TPSA) is 71.5 Å². The van der Waals surface area contributed by atoms with Crippen molar-refractivity contribution in [2.45, 2.75) is 6.54 Å². The summed E-state index contributed by atoms with van der Waals surface area (Å²) in [6.45, 7) is 1.11. The number of nitrogens with zero attached hydrogens (tertiary/aromatic N) is 2. The molecule has 0 saturated carbocycles. The maximum atomic E-state index is 5.64. The fraction of sp³-hybridized carbons (Fsp3) is 0.308. The smallest absolute Gasteiger partial charge is 0.145 e. The van der Waals surface area contributed by atoms with E-state index in [0.717, 1.165) is 0 Å². The van der Waals surface area contributed by atoms with Crippen molar-refractivity contribution in [3.63, 3.8) is 0 Å². The molecule has 1 aromatic carbocycles. The van der Waals surface area contributed by atoms with Crippen LogP contribution < -0.4 is 19.9 Å². The van der Waals surface area contributed by atoms with Crippen molar-refractivity contribution in [1.82, 2.24) is 9.78 Å². The van der Waals surface area contributed by atoms with Crippen LogP contribution in [0.15, 0.2) is 30.5 Å². The SMILES string of the molecule is COc1cc(OC)cc(OCCn2ccc(N)n2)c1. The van der Waals surface area contributed by atoms with E-state index in [-0.39, 0.29) is 0 Å². The first kappa shape index (κ1) is 13.1. The van der Waals surface area contributed by atoms with Crippen molar-refractivity contribution < 1.29 is 14.2 Å². The van der Waals surface area contributed by atoms with Gasteiger partial charge in [-0.1, -0.05) is 0 Å². The predicted octanol–water partition coefficient (Wildman–Crippen LogP) is 1.56. The summed E-state index contributed by atoms with van der Waals surface area (Å²) >= 11 is 0. The fourth-order valence-corrected chi connectivity index (χ4v) is 1.62. The Labute approximate surface area is 111 Å². The molecule has 0 saturated heterocycles. The van der Waals surface area contributed by atoms with Gasteiger partial charge in [-0.15, -0.1) is 0 Å². The highest BCUT2D eigenvalue weighted by molar-refractivity contribution is 5.41. The Hall–Kier alpha value is -2.37. The normalized spacial score (nSPS) is 10.2. The highest BCUT2D eigenvalue weighted by Crippen LogP contribution is 2.27. The molecule has 0 amide bonds. The number of aromatic nitrogens is 2. The molecule has 2 aromatic rings. The van der Waals surface area contributed by atoms with Crippen LogP contribution in [-0.4, -0.2) is 30.6 Å². The zero-order valence-corrected chi connectivity index (χ0v) is 11.0. The standard InChI is InChI=1S/C13H17N3O3/c1-17-10-7-11(18-2)9-12(8-10)19-6-5-16-4-3-13(14)15-16/h3-4,7-9H,5-6H2,1-2H3,(H2,14,15). The van der Waals surface area contributed by atoms with Gasteiger partial charge in [0.25, 0.3) is 0 Å². The molecule has 6 nitrogen and oxygen atoms in total. The van der Waals surface area contributed by atoms with Crippen LogP contribution in [-0.2, 0) is 6.54 Å². The molecule has 0 atom stereocenters. The van der Waals surface area contributed by atoms with Crippen LogP contribution in [0, 0.1) is 0 Å². The summed E-state index contributed by atoms with van der Waals surface area (Å²) in [5, 5.41) is 4.07. The second-order valence-electron chi connectivity index (χ2n) is 3.90. The Kier molecular flexibility index (Phi) is 4.12. The molecule has 2 N–H and O–H groups in total. The zero-order valence-electron chi connectivity index (χ0n) is 11.0. The van der Waals surface area contributed by atoms with Crippen LogP contribution in [0.3, 0.4) is 0 Å². The highest BCUT2D eigenvalue weighted by Gasteiger charge is 2.03. The van der Waals surface area contributed by atoms with Gasteiger partial charge in [-0.25, -0.2) is 0 Å². The Morgan fingerprint density at radius 1 is 1.11 bits per heavy atom. The minimum absolute atomic E-state index is 0.484. The average Bonchev–Trinajstić information content (AvgIpc) is 2.84. The summed E-state index contributed by atoms with van der Waals surface area (Å²) in [6, 6.07) is 7.15. The lowest BCUT2D eigenvalue weighted by Gasteiger charge is -2.10. The number of anilines is 1. The number of hydrogen-bond acceptors (Lipinski definition) is 5. The summed E-state index contributed by atoms with van der Waals surface area (Å²) in [4.78, 5) is 0. The molecule has 0 aliphatic carbocycles. The van der Waals surface area contributed by atoms with Gasteiger partial charge in [0.2, 0.25) is 0 Å². The van der Waals surface area contributed by atoms with Crippen LogP contribution in [0.5, 0.6) is 17.2 Å². The van der Waals surface area contributed by atoms with E-state index in [1.54, 1.807) is 43.2 Å². The lowest BCUT2D eigenvalue weighted by atomic mass is 10.3. The van der Waals surface area contributed by atoms with Gasteiger partial charge in [-0.2, -0.15) is 5.10 Å². The van der Waals surface area contributed by atoms with Gasteiger partial charge in [0.1, 0.15) is 29.7 Å². The molecule has 0 radical (unpaired) electrons. The molecule has 1 aromatic heterocycles. The van der Waals surface area contributed by atoms with Crippen LogP contribution in [0.2, 0.25) is 0 Å². The largest absolute Gasteiger partial charge is 0.496 e. The Morgan fingerprint density at radius 2 is 1.74 bits per heavy atom. The van der Waals surface area contributed by atoms with Crippen molar-refractivity contribution >= 4 is 5.82 Å². The molecule has 0 unspecified atom stereocenters. The van der Waals surface area contributed by atoms with E-state index < -0.39 is 0 Å². The van der Waals surface area contributed by atoms with Crippen LogP contribution in [0.4, 0.5) is 5.82 Å². The molecule has 2 rings (SSSR count). The first-order valence-electron chi connectivity index (χ1n) is 5.86. The Bertz CT molecular complexity index is 517. The summed E-state index contributed by atoms with van der Waals surface area (Å²) in [5.74, 6) is 2.58. The van der Waals surface area contributed by atoms with E-state index in [9.17, 15) is 0 Å². The molecule has 0 aliphatic rings. The number of benzene rings is 1. The van der Waals surface area contributed by atoms with Gasteiger partial charge in [-0.05, 0) is 6.07 Å². The van der Waals surface area contributed by atoms with Crippen molar-refractivity contribution in [3.05, 3.63) is 30.5 Å². The predicted molar refractivity (Wildman–Crippen MR) is 71.7 cm³/mol. The minimum atomic E-state index is 0.484. The van der Waals surface area contributed by atoms with E-state index in [1.165, 1.54) is 0 Å². The lowest BCUT2D eigenvalue weighted by Crippen LogP contribution is -2.09. The van der Waals surface area contributed by atoms with Gasteiger partial charge < -0.3 is 19.9 Å². The molecule has 102 valence electrons. The third kappa shape index (κ3) is 3.54. The molecule has 1 heterocycles. The van der Waals surface area contributed by atoms with Gasteiger partial charge in [-0.3, -0.25) is 4.68 Å². The highest BCUT2D eigenvalue weighted by atomic mass is 16.5. The summed E-state index contributed by atoms with van der Waals surface area (Å²) in [7, 11) is 3.20. The van der Waals surface area contributed by atoms with Crippen LogP contribution in [0.1, 0.15) is 0 Å². The molecule has 0 spiro atoms. The van der Waals surface area contributed by atoms with Crippen molar-refractivity contribution in [2.75, 3.05) is 26.6 Å². The first-order chi connectivity index (χ1) is 9.21. The van der Waals surface area contributed by atoms with Crippen LogP contribution >= 0.6 is 0 Å². The average molecular weight is 263 g/mol. The number of ether oxygens (including phenoxy) is 3. The van der Waals surface area contributed by atoms with Gasteiger partial charge in [0.15, 0.2) is 0 Å². The minimum Gasteiger partial charge on any atom is -0.496 e. The Morgan fingerprint density at radius 3 is 2.26 bits per heavy atom. The summed E-state index contributed by atoms with van der Waals surface area (Å²) in [6.07, 6.45) is 1.81. The van der Waals surface area contributed by atoms with Gasteiger partial charge >= 0.3 is 0 Å². The summed E-state index contributed by atoms with van der Waals surface area (Å²) in [5.41, 5.74) is 5.53. The first-order valence-corrected chi connectivity index (χ1v) is 5.86. The van der Waals surface area contributed by atoms with E-state index in [2.05, 4.69) is 5.10 Å². The number of nitrogens with two attached hydrogens (primary N) is 1. The molecular formula is C13H17N3O3. The van der Waals surface area contributed by atoms with Gasteiger partial charge in [0.05, 0.1) is 20.8 Å². The molecular weight excluding hydrogens is 246 g/mol. The zero-order chi connectivity index (χ0) is 13.7. The number of nitrogen functional groups attached to an aromatic ring is 1. The lowest BCUT2D eigenvalue weighted by molar-refractivity contribution is 0.287. The van der Waals surface area contributed by atoms with E-state index >= 15 is 0 Å². The van der Waals surface area contributed by atoms with Crippen molar-refractivity contribution in [2.24, 2.45) is 0 Å². The Balaban J connectivity index is 1.95. The van der Waals surface area contributed by atoms with E-state index in [0.29, 0.717) is 36.2 Å². The van der Waals surface area contributed by atoms with E-state index in [1.807, 2.05) is 6.20 Å². The van der Waals surface area contributed by atoms with Gasteiger partial charge in [0, 0.05) is 24.4 Å². The number of methoxy groups -OCH3 is 2. The maximum Gasteiger partial charge on any atom is 0.145 e. The molecule has 0 aliphatic heterocycles. The maximum absolute atomic E-state index is 5.64. The molecule has 6 heteroatoms. The van der Waals surface area contributed by atoms with Crippen molar-refractivity contribution in [1.29, 1.82) is 0 Å². The molecule has 0 fully saturated rings. The summed E-state index contributed by atoms with van der Waals surface area (Å²) < 4.78 is 17.7. The quantitative estimate of drug-likeness (QED) is 0.856. The molecule has 19 heavy (non-hydrogen) atoms. The third-order valence-corrected chi connectivity index (χ3v) is 2.58. The van der Waals surface area contributed by atoms with Crippen molar-refractivity contribution in [3.8, 4) is 17.2 Å².